The fourth-order valence-electron chi connectivity index (χ4n) is 9.40. The molecule has 0 saturated carbocycles. The number of hydrogen-bond acceptors (Lipinski definition) is 5. The Labute approximate surface area is 492 Å². The number of rotatable bonds is 18. The summed E-state index contributed by atoms with van der Waals surface area (Å²) in [5.74, 6) is 50.3. The Morgan fingerprint density at radius 2 is 0.654 bits per heavy atom. The highest BCUT2D eigenvalue weighted by atomic mass is 28.3. The molecule has 4 aromatic rings. The van der Waals surface area contributed by atoms with E-state index in [0.29, 0.717) is 33.7 Å². The summed E-state index contributed by atoms with van der Waals surface area (Å²) >= 11 is 0. The van der Waals surface area contributed by atoms with Crippen LogP contribution in [0.2, 0.25) is 16.6 Å². The molecule has 0 spiro atoms. The van der Waals surface area contributed by atoms with Gasteiger partial charge >= 0.3 is 0 Å². The quantitative estimate of drug-likeness (QED) is 0.0794. The van der Waals surface area contributed by atoms with Crippen molar-refractivity contribution >= 4 is 8.07 Å². The maximum atomic E-state index is 9.96. The molecule has 4 rings (SSSR count). The van der Waals surface area contributed by atoms with Gasteiger partial charge in [0.05, 0.1) is 0 Å². The fourth-order valence-corrected chi connectivity index (χ4v) is 14.6. The number of pyridine rings is 4. The molecule has 4 heterocycles. The van der Waals surface area contributed by atoms with E-state index in [1.807, 2.05) is 67.1 Å². The van der Waals surface area contributed by atoms with Crippen LogP contribution in [0.15, 0.2) is 107 Å². The molecule has 5 nitrogen and oxygen atoms in total. The molecule has 0 aliphatic rings. The van der Waals surface area contributed by atoms with Gasteiger partial charge in [-0.05, 0) is 155 Å². The molecule has 4 aromatic heterocycles. The van der Waals surface area contributed by atoms with Gasteiger partial charge in [0.1, 0.15) is 36.5 Å². The van der Waals surface area contributed by atoms with Gasteiger partial charge in [0.2, 0.25) is 0 Å². The predicted molar refractivity (Wildman–Crippen MR) is 344 cm³/mol. The molecule has 0 bridgehead atoms. The lowest BCUT2D eigenvalue weighted by Crippen LogP contribution is -2.43. The summed E-state index contributed by atoms with van der Waals surface area (Å²) in [5.41, 5.74) is 17.0. The van der Waals surface area contributed by atoms with Gasteiger partial charge in [-0.3, -0.25) is 0 Å². The summed E-state index contributed by atoms with van der Waals surface area (Å²) in [6, 6.07) is 15.7. The SMILES string of the molecule is CCCC/C(C#Cc1ccc(C#C/C(CCC)=C(\C#Cc2ccc(C#C/C(CCC)=C(/C#Cc3ccc(C#CC(C)(C)O)cn3)CCCC)cn2)CCCC)cn1)=C(/C#Cc1ccc(C#C[Si](C(C)C)(C(C)C)C(C)C)nc1)CCC. The zero-order chi connectivity index (χ0) is 59.0. The van der Waals surface area contributed by atoms with Crippen molar-refractivity contribution in [1.82, 2.24) is 19.9 Å². The van der Waals surface area contributed by atoms with Gasteiger partial charge in [-0.25, -0.2) is 19.9 Å². The Morgan fingerprint density at radius 3 is 0.901 bits per heavy atom. The third kappa shape index (κ3) is 22.9. The van der Waals surface area contributed by atoms with Crippen molar-refractivity contribution in [2.24, 2.45) is 0 Å². The average molecular weight is 1090 g/mol. The molecule has 418 valence electrons. The molecule has 0 aromatic carbocycles. The van der Waals surface area contributed by atoms with Crippen LogP contribution in [0.25, 0.3) is 0 Å². The first kappa shape index (κ1) is 66.0. The van der Waals surface area contributed by atoms with Crippen LogP contribution >= 0.6 is 0 Å². The van der Waals surface area contributed by atoms with E-state index in [1.165, 1.54) is 0 Å². The standard InChI is InChI=1S/C75H88N4OSi/c1-15-21-27-68(40-47-71-43-34-62(55-76-71)31-38-66(25-19-5)70(29-23-17-3)42-49-73-45-36-64(57-78-73)50-52-75(13,14)80)65(24-18-4)37-30-61-33-44-72(77-54-61)48-41-69(28-22-16-2)67(26-20-6)39-32-63-35-46-74(79-56-63)51-53-81(58(7)8,59(9)10)60(11)12/h33-36,43-46,54-60,80H,15-29H2,1-14H3/b68-65-,69-67-,70-66+. The maximum absolute atomic E-state index is 9.96. The van der Waals surface area contributed by atoms with Gasteiger partial charge < -0.3 is 5.11 Å². The van der Waals surface area contributed by atoms with Crippen LogP contribution in [-0.4, -0.2) is 38.7 Å². The Hall–Kier alpha value is -7.52. The van der Waals surface area contributed by atoms with E-state index < -0.39 is 13.7 Å². The van der Waals surface area contributed by atoms with E-state index >= 15 is 0 Å². The van der Waals surface area contributed by atoms with Crippen molar-refractivity contribution in [2.75, 3.05) is 0 Å². The number of unbranched alkanes of at least 4 members (excludes halogenated alkanes) is 3. The monoisotopic (exact) mass is 1090 g/mol. The molecular formula is C75H88N4OSi. The first-order valence-corrected chi connectivity index (χ1v) is 32.1. The van der Waals surface area contributed by atoms with Crippen LogP contribution in [0.3, 0.4) is 0 Å². The summed E-state index contributed by atoms with van der Waals surface area (Å²) in [5, 5.41) is 9.96. The highest BCUT2D eigenvalue weighted by Gasteiger charge is 2.41. The largest absolute Gasteiger partial charge is 0.378 e. The van der Waals surface area contributed by atoms with Crippen molar-refractivity contribution in [3.8, 4) is 94.4 Å². The lowest BCUT2D eigenvalue weighted by Gasteiger charge is -2.38. The minimum absolute atomic E-state index is 0.572. The Balaban J connectivity index is 1.59. The van der Waals surface area contributed by atoms with Gasteiger partial charge in [-0.2, -0.15) is 0 Å². The maximum Gasteiger partial charge on any atom is 0.146 e. The van der Waals surface area contributed by atoms with Crippen molar-refractivity contribution in [2.45, 2.75) is 215 Å². The van der Waals surface area contributed by atoms with Crippen LogP contribution in [0.5, 0.6) is 0 Å². The highest BCUT2D eigenvalue weighted by Crippen LogP contribution is 2.40. The van der Waals surface area contributed by atoms with Gasteiger partial charge in [0, 0.05) is 80.5 Å². The molecule has 0 aliphatic carbocycles. The fraction of sp³-hybridized carbons (Fsp3) is 0.440. The van der Waals surface area contributed by atoms with Gasteiger partial charge in [-0.15, -0.1) is 5.54 Å². The minimum Gasteiger partial charge on any atom is -0.378 e. The predicted octanol–water partition coefficient (Wildman–Crippen LogP) is 17.0. The molecule has 0 atom stereocenters. The highest BCUT2D eigenvalue weighted by molar-refractivity contribution is 6.90. The zero-order valence-corrected chi connectivity index (χ0v) is 52.5. The topological polar surface area (TPSA) is 71.8 Å². The van der Waals surface area contributed by atoms with Crippen LogP contribution in [0.1, 0.15) is 238 Å². The van der Waals surface area contributed by atoms with E-state index in [2.05, 4.69) is 182 Å². The second-order valence-electron chi connectivity index (χ2n) is 22.1. The number of allylic oxidation sites excluding steroid dienone is 6. The van der Waals surface area contributed by atoms with Gasteiger partial charge in [0.25, 0.3) is 0 Å². The first-order valence-electron chi connectivity index (χ1n) is 29.9. The minimum atomic E-state index is -1.85. The molecule has 0 saturated heterocycles. The molecule has 0 aliphatic heterocycles. The summed E-state index contributed by atoms with van der Waals surface area (Å²) in [4.78, 5) is 18.7. The van der Waals surface area contributed by atoms with Gasteiger partial charge in [-0.1, -0.05) is 193 Å². The number of nitrogens with zero attached hydrogens (tertiary/aromatic N) is 4. The molecular weight excluding hydrogens is 1000 g/mol. The number of aromatic nitrogens is 4. The average Bonchev–Trinajstić information content (AvgIpc) is 3.47. The van der Waals surface area contributed by atoms with Crippen molar-refractivity contribution in [3.63, 3.8) is 0 Å². The van der Waals surface area contributed by atoms with E-state index in [1.54, 1.807) is 20.0 Å². The van der Waals surface area contributed by atoms with Crippen molar-refractivity contribution < 1.29 is 5.11 Å². The zero-order valence-electron chi connectivity index (χ0n) is 51.5. The summed E-state index contributed by atoms with van der Waals surface area (Å²) in [7, 11) is -1.85. The second-order valence-corrected chi connectivity index (χ2v) is 27.7. The van der Waals surface area contributed by atoms with E-state index in [-0.39, 0.29) is 0 Å². The molecule has 0 fully saturated rings. The van der Waals surface area contributed by atoms with E-state index in [9.17, 15) is 5.11 Å². The smallest absolute Gasteiger partial charge is 0.146 e. The van der Waals surface area contributed by atoms with E-state index in [4.69, 9.17) is 15.0 Å². The van der Waals surface area contributed by atoms with E-state index in [0.717, 1.165) is 158 Å². The molecule has 6 heteroatoms. The molecule has 0 unspecified atom stereocenters. The molecule has 1 N–H and O–H groups in total. The Kier molecular flexibility index (Phi) is 28.7. The Morgan fingerprint density at radius 1 is 0.383 bits per heavy atom. The molecule has 0 amide bonds. The lowest BCUT2D eigenvalue weighted by molar-refractivity contribution is 0.143. The van der Waals surface area contributed by atoms with Crippen LogP contribution in [0.4, 0.5) is 0 Å². The first-order chi connectivity index (χ1) is 39.0. The normalized spacial score (nSPS) is 11.8. The van der Waals surface area contributed by atoms with Gasteiger partial charge in [0.15, 0.2) is 0 Å². The third-order valence-corrected chi connectivity index (χ3v) is 20.2. The molecule has 81 heavy (non-hydrogen) atoms. The van der Waals surface area contributed by atoms with Crippen molar-refractivity contribution in [1.29, 1.82) is 0 Å². The third-order valence-electron chi connectivity index (χ3n) is 13.9. The number of aliphatic hydroxyl groups is 1. The second kappa shape index (κ2) is 35.3. The summed E-state index contributed by atoms with van der Waals surface area (Å²) < 4.78 is 0. The number of hydrogen-bond donors (Lipinski definition) is 1. The lowest BCUT2D eigenvalue weighted by atomic mass is 9.98. The van der Waals surface area contributed by atoms with Crippen LogP contribution in [-0.2, 0) is 0 Å². The van der Waals surface area contributed by atoms with Crippen LogP contribution < -0.4 is 0 Å². The summed E-state index contributed by atoms with van der Waals surface area (Å²) in [6.07, 6.45) is 21.5. The summed E-state index contributed by atoms with van der Waals surface area (Å²) in [6.45, 7) is 30.5. The van der Waals surface area contributed by atoms with Crippen LogP contribution in [0, 0.1) is 94.4 Å². The Bertz CT molecular complexity index is 3300. The van der Waals surface area contributed by atoms with Crippen molar-refractivity contribution in [3.05, 3.63) is 152 Å². The molecule has 0 radical (unpaired) electrons.